The van der Waals surface area contributed by atoms with Crippen molar-refractivity contribution in [2.24, 2.45) is 0 Å². The maximum atomic E-state index is 12.4. The van der Waals surface area contributed by atoms with Gasteiger partial charge in [-0.05, 0) is 26.7 Å². The molecule has 132 valence electrons. The fourth-order valence-corrected chi connectivity index (χ4v) is 4.85. The smallest absolute Gasteiger partial charge is 0.225 e. The van der Waals surface area contributed by atoms with Crippen LogP contribution in [0.1, 0.15) is 60.5 Å². The number of hydrogen-bond acceptors (Lipinski definition) is 4. The molecular weight excluding hydrogens is 322 g/mol. The van der Waals surface area contributed by atoms with Crippen molar-refractivity contribution in [2.45, 2.75) is 77.3 Å². The van der Waals surface area contributed by atoms with E-state index in [4.69, 9.17) is 0 Å². The third-order valence-corrected chi connectivity index (χ3v) is 6.18. The lowest BCUT2D eigenvalue weighted by atomic mass is 10.1. The summed E-state index contributed by atoms with van der Waals surface area (Å²) >= 11 is 1.58. The van der Waals surface area contributed by atoms with Gasteiger partial charge in [-0.25, -0.2) is 4.98 Å². The standard InChI is InChI=1S/C18H27N3O2S/c1-12-16(24-13(2)19-12)10-17(22)20-14-9-18(23)21(11-14)15-7-5-3-4-6-8-15/h14-15H,3-11H2,1-2H3,(H,20,22). The van der Waals surface area contributed by atoms with E-state index in [9.17, 15) is 9.59 Å². The van der Waals surface area contributed by atoms with Crippen molar-refractivity contribution < 1.29 is 9.59 Å². The summed E-state index contributed by atoms with van der Waals surface area (Å²) in [4.78, 5) is 32.1. The van der Waals surface area contributed by atoms with Gasteiger partial charge in [-0.2, -0.15) is 0 Å². The number of carbonyl (C=O) groups excluding carboxylic acids is 2. The minimum absolute atomic E-state index is 0.00210. The Morgan fingerprint density at radius 2 is 1.96 bits per heavy atom. The van der Waals surface area contributed by atoms with E-state index in [1.54, 1.807) is 11.3 Å². The molecule has 1 atom stereocenters. The molecule has 0 spiro atoms. The fourth-order valence-electron chi connectivity index (χ4n) is 3.91. The molecule has 0 bridgehead atoms. The first-order chi connectivity index (χ1) is 11.5. The maximum Gasteiger partial charge on any atom is 0.225 e. The van der Waals surface area contributed by atoms with Gasteiger partial charge in [0.05, 0.1) is 23.2 Å². The van der Waals surface area contributed by atoms with E-state index in [2.05, 4.69) is 10.3 Å². The van der Waals surface area contributed by atoms with E-state index in [1.807, 2.05) is 18.7 Å². The van der Waals surface area contributed by atoms with Crippen molar-refractivity contribution in [1.82, 2.24) is 15.2 Å². The van der Waals surface area contributed by atoms with Crippen LogP contribution < -0.4 is 5.32 Å². The van der Waals surface area contributed by atoms with Crippen molar-refractivity contribution in [2.75, 3.05) is 6.54 Å². The van der Waals surface area contributed by atoms with Crippen LogP contribution in [0.15, 0.2) is 0 Å². The van der Waals surface area contributed by atoms with Gasteiger partial charge in [0.15, 0.2) is 0 Å². The van der Waals surface area contributed by atoms with Crippen LogP contribution >= 0.6 is 11.3 Å². The zero-order valence-electron chi connectivity index (χ0n) is 14.6. The average molecular weight is 350 g/mol. The Kier molecular flexibility index (Phi) is 5.54. The number of carbonyl (C=O) groups is 2. The van der Waals surface area contributed by atoms with Crippen LogP contribution in [-0.4, -0.2) is 40.3 Å². The number of aryl methyl sites for hydroxylation is 2. The summed E-state index contributed by atoms with van der Waals surface area (Å²) in [6.45, 7) is 4.58. The maximum absolute atomic E-state index is 12.4. The number of thiazole rings is 1. The highest BCUT2D eigenvalue weighted by molar-refractivity contribution is 7.11. The normalized spacial score (nSPS) is 22.7. The Bertz CT molecular complexity index is 605. The van der Waals surface area contributed by atoms with E-state index in [1.165, 1.54) is 25.7 Å². The molecule has 1 saturated heterocycles. The molecule has 1 aliphatic carbocycles. The predicted octanol–water partition coefficient (Wildman–Crippen LogP) is 2.74. The third kappa shape index (κ3) is 4.15. The van der Waals surface area contributed by atoms with E-state index in [0.29, 0.717) is 25.4 Å². The number of hydrogen-bond donors (Lipinski definition) is 1. The molecule has 1 N–H and O–H groups in total. The molecule has 1 aromatic rings. The van der Waals surface area contributed by atoms with Crippen LogP contribution in [0.2, 0.25) is 0 Å². The van der Waals surface area contributed by atoms with Gasteiger partial charge in [0, 0.05) is 23.9 Å². The molecule has 5 nitrogen and oxygen atoms in total. The molecule has 2 amide bonds. The highest BCUT2D eigenvalue weighted by Gasteiger charge is 2.35. The van der Waals surface area contributed by atoms with Crippen LogP contribution in [0.3, 0.4) is 0 Å². The van der Waals surface area contributed by atoms with Crippen LogP contribution in [0.5, 0.6) is 0 Å². The Balaban J connectivity index is 1.53. The lowest BCUT2D eigenvalue weighted by molar-refractivity contribution is -0.129. The summed E-state index contributed by atoms with van der Waals surface area (Å²) in [6, 6.07) is 0.343. The van der Waals surface area contributed by atoms with Gasteiger partial charge in [0.1, 0.15) is 0 Å². The van der Waals surface area contributed by atoms with Crippen molar-refractivity contribution in [3.8, 4) is 0 Å². The molecule has 6 heteroatoms. The second-order valence-electron chi connectivity index (χ2n) is 7.08. The van der Waals surface area contributed by atoms with E-state index < -0.39 is 0 Å². The van der Waals surface area contributed by atoms with Gasteiger partial charge in [0.25, 0.3) is 0 Å². The largest absolute Gasteiger partial charge is 0.351 e. The Labute approximate surface area is 147 Å². The molecule has 1 aromatic heterocycles. The first kappa shape index (κ1) is 17.4. The zero-order valence-corrected chi connectivity index (χ0v) is 15.5. The van der Waals surface area contributed by atoms with Crippen molar-refractivity contribution in [1.29, 1.82) is 0 Å². The fraction of sp³-hybridized carbons (Fsp3) is 0.722. The summed E-state index contributed by atoms with van der Waals surface area (Å²) in [5.74, 6) is 0.208. The lowest BCUT2D eigenvalue weighted by Crippen LogP contribution is -2.41. The summed E-state index contributed by atoms with van der Waals surface area (Å²) in [5.41, 5.74) is 0.940. The van der Waals surface area contributed by atoms with Crippen LogP contribution in [0, 0.1) is 13.8 Å². The van der Waals surface area contributed by atoms with E-state index in [-0.39, 0.29) is 17.9 Å². The van der Waals surface area contributed by atoms with E-state index >= 15 is 0 Å². The van der Waals surface area contributed by atoms with Gasteiger partial charge < -0.3 is 10.2 Å². The van der Waals surface area contributed by atoms with Gasteiger partial charge in [0.2, 0.25) is 11.8 Å². The van der Waals surface area contributed by atoms with Crippen molar-refractivity contribution >= 4 is 23.2 Å². The topological polar surface area (TPSA) is 62.3 Å². The lowest BCUT2D eigenvalue weighted by Gasteiger charge is -2.27. The number of nitrogens with one attached hydrogen (secondary N) is 1. The number of nitrogens with zero attached hydrogens (tertiary/aromatic N) is 2. The molecule has 2 heterocycles. The van der Waals surface area contributed by atoms with Crippen molar-refractivity contribution in [3.05, 3.63) is 15.6 Å². The minimum atomic E-state index is -0.0393. The number of rotatable bonds is 4. The molecule has 0 radical (unpaired) electrons. The second kappa shape index (κ2) is 7.64. The SMILES string of the molecule is Cc1nc(C)c(CC(=O)NC2CC(=O)N(C3CCCCCC3)C2)s1. The van der Waals surface area contributed by atoms with Gasteiger partial charge in [-0.3, -0.25) is 9.59 Å². The minimum Gasteiger partial charge on any atom is -0.351 e. The monoisotopic (exact) mass is 349 g/mol. The number of amides is 2. The van der Waals surface area contributed by atoms with Crippen LogP contribution in [-0.2, 0) is 16.0 Å². The summed E-state index contributed by atoms with van der Waals surface area (Å²) in [6.07, 6.45) is 8.05. The summed E-state index contributed by atoms with van der Waals surface area (Å²) in [7, 11) is 0. The van der Waals surface area contributed by atoms with Crippen LogP contribution in [0.4, 0.5) is 0 Å². The molecule has 24 heavy (non-hydrogen) atoms. The summed E-state index contributed by atoms with van der Waals surface area (Å²) < 4.78 is 0. The molecule has 1 saturated carbocycles. The highest BCUT2D eigenvalue weighted by atomic mass is 32.1. The zero-order chi connectivity index (χ0) is 17.1. The number of aromatic nitrogens is 1. The first-order valence-electron chi connectivity index (χ1n) is 9.04. The molecule has 0 aromatic carbocycles. The highest BCUT2D eigenvalue weighted by Crippen LogP contribution is 2.26. The molecular formula is C18H27N3O2S. The predicted molar refractivity (Wildman–Crippen MR) is 95.0 cm³/mol. The first-order valence-corrected chi connectivity index (χ1v) is 9.86. The van der Waals surface area contributed by atoms with Crippen molar-refractivity contribution in [3.63, 3.8) is 0 Å². The molecule has 1 unspecified atom stereocenters. The Morgan fingerprint density at radius 3 is 2.58 bits per heavy atom. The van der Waals surface area contributed by atoms with Gasteiger partial charge in [-0.15, -0.1) is 11.3 Å². The Hall–Kier alpha value is -1.43. The van der Waals surface area contributed by atoms with Gasteiger partial charge >= 0.3 is 0 Å². The molecule has 2 fully saturated rings. The third-order valence-electron chi connectivity index (χ3n) is 5.11. The second-order valence-corrected chi connectivity index (χ2v) is 8.37. The van der Waals surface area contributed by atoms with Crippen LogP contribution in [0.25, 0.3) is 0 Å². The molecule has 2 aliphatic rings. The van der Waals surface area contributed by atoms with E-state index in [0.717, 1.165) is 28.4 Å². The summed E-state index contributed by atoms with van der Waals surface area (Å²) in [5, 5.41) is 4.05. The molecule has 1 aliphatic heterocycles. The Morgan fingerprint density at radius 1 is 1.25 bits per heavy atom. The van der Waals surface area contributed by atoms with Gasteiger partial charge in [-0.1, -0.05) is 25.7 Å². The molecule has 3 rings (SSSR count). The quantitative estimate of drug-likeness (QED) is 0.850. The average Bonchev–Trinajstić information content (AvgIpc) is 2.91. The number of likely N-dealkylation sites (tertiary alicyclic amines) is 1.